The van der Waals surface area contributed by atoms with Gasteiger partial charge in [0.15, 0.2) is 0 Å². The molecule has 0 amide bonds. The number of hydrogen-bond acceptors (Lipinski definition) is 3. The van der Waals surface area contributed by atoms with Gasteiger partial charge in [-0.1, -0.05) is 31.2 Å². The Morgan fingerprint density at radius 1 is 1.19 bits per heavy atom. The van der Waals surface area contributed by atoms with E-state index < -0.39 is 0 Å². The predicted molar refractivity (Wildman–Crippen MR) is 88.4 cm³/mol. The van der Waals surface area contributed by atoms with E-state index in [0.29, 0.717) is 24.5 Å². The molecule has 0 aromatic heterocycles. The van der Waals surface area contributed by atoms with Crippen LogP contribution < -0.4 is 5.73 Å². The normalized spacial score (nSPS) is 28.2. The van der Waals surface area contributed by atoms with Crippen LogP contribution in [0.25, 0.3) is 0 Å². The van der Waals surface area contributed by atoms with Gasteiger partial charge < -0.3 is 10.6 Å². The van der Waals surface area contributed by atoms with Gasteiger partial charge in [-0.05, 0) is 49.9 Å². The first kappa shape index (κ1) is 15.0. The first-order valence-electron chi connectivity index (χ1n) is 8.30. The standard InChI is InChI=1S/C18H29N3/c1-13-11-21(12-18(13)20(2)3)17(10-19)16-8-6-15(7-9-16)14-4-5-14/h6-9,13-14,17-18H,4-5,10-12,19H2,1-3H3. The van der Waals surface area contributed by atoms with Gasteiger partial charge in [-0.2, -0.15) is 0 Å². The Kier molecular flexibility index (Phi) is 4.34. The zero-order valence-corrected chi connectivity index (χ0v) is 13.6. The largest absolute Gasteiger partial charge is 0.329 e. The molecule has 21 heavy (non-hydrogen) atoms. The molecule has 3 rings (SSSR count). The zero-order valence-electron chi connectivity index (χ0n) is 13.6. The van der Waals surface area contributed by atoms with E-state index in [9.17, 15) is 0 Å². The quantitative estimate of drug-likeness (QED) is 0.903. The summed E-state index contributed by atoms with van der Waals surface area (Å²) < 4.78 is 0. The second-order valence-corrected chi connectivity index (χ2v) is 7.15. The molecule has 1 aromatic carbocycles. The van der Waals surface area contributed by atoms with Gasteiger partial charge in [-0.15, -0.1) is 0 Å². The molecule has 116 valence electrons. The summed E-state index contributed by atoms with van der Waals surface area (Å²) in [5, 5.41) is 0. The lowest BCUT2D eigenvalue weighted by Crippen LogP contribution is -2.36. The van der Waals surface area contributed by atoms with E-state index >= 15 is 0 Å². The molecule has 0 spiro atoms. The molecule has 3 nitrogen and oxygen atoms in total. The van der Waals surface area contributed by atoms with E-state index in [4.69, 9.17) is 5.73 Å². The Balaban J connectivity index is 1.72. The number of nitrogens with zero attached hydrogens (tertiary/aromatic N) is 2. The van der Waals surface area contributed by atoms with Gasteiger partial charge in [0.1, 0.15) is 0 Å². The molecular weight excluding hydrogens is 258 g/mol. The summed E-state index contributed by atoms with van der Waals surface area (Å²) in [7, 11) is 4.37. The van der Waals surface area contributed by atoms with Crippen molar-refractivity contribution < 1.29 is 0 Å². The predicted octanol–water partition coefficient (Wildman–Crippen LogP) is 2.45. The third-order valence-corrected chi connectivity index (χ3v) is 5.30. The number of likely N-dealkylation sites (N-methyl/N-ethyl adjacent to an activating group) is 1. The molecule has 3 unspecified atom stereocenters. The van der Waals surface area contributed by atoms with Crippen molar-refractivity contribution in [3.8, 4) is 0 Å². The number of benzene rings is 1. The van der Waals surface area contributed by atoms with Crippen LogP contribution in [-0.4, -0.2) is 49.6 Å². The molecule has 1 saturated heterocycles. The van der Waals surface area contributed by atoms with E-state index in [1.807, 2.05) is 0 Å². The lowest BCUT2D eigenvalue weighted by Gasteiger charge is -2.28. The smallest absolute Gasteiger partial charge is 0.0471 e. The molecular formula is C18H29N3. The Bertz CT molecular complexity index is 464. The van der Waals surface area contributed by atoms with Crippen LogP contribution in [0.5, 0.6) is 0 Å². The minimum absolute atomic E-state index is 0.366. The highest BCUT2D eigenvalue weighted by Gasteiger charge is 2.34. The first-order valence-corrected chi connectivity index (χ1v) is 8.30. The number of hydrogen-bond donors (Lipinski definition) is 1. The van der Waals surface area contributed by atoms with Crippen molar-refractivity contribution >= 4 is 0 Å². The molecule has 0 radical (unpaired) electrons. The van der Waals surface area contributed by atoms with Crippen molar-refractivity contribution in [2.24, 2.45) is 11.7 Å². The first-order chi connectivity index (χ1) is 10.1. The highest BCUT2D eigenvalue weighted by atomic mass is 15.3. The summed E-state index contributed by atoms with van der Waals surface area (Å²) in [5.41, 5.74) is 9.00. The lowest BCUT2D eigenvalue weighted by atomic mass is 10.0. The van der Waals surface area contributed by atoms with E-state index in [1.54, 1.807) is 0 Å². The van der Waals surface area contributed by atoms with Crippen molar-refractivity contribution in [1.82, 2.24) is 9.80 Å². The Labute approximate surface area is 129 Å². The zero-order chi connectivity index (χ0) is 15.0. The van der Waals surface area contributed by atoms with Crippen LogP contribution in [0.2, 0.25) is 0 Å². The maximum atomic E-state index is 6.11. The monoisotopic (exact) mass is 287 g/mol. The Morgan fingerprint density at radius 3 is 2.33 bits per heavy atom. The van der Waals surface area contributed by atoms with Gasteiger partial charge in [0.05, 0.1) is 0 Å². The molecule has 3 heteroatoms. The average molecular weight is 287 g/mol. The fraction of sp³-hybridized carbons (Fsp3) is 0.667. The van der Waals surface area contributed by atoms with Gasteiger partial charge in [0.25, 0.3) is 0 Å². The minimum atomic E-state index is 0.366. The topological polar surface area (TPSA) is 32.5 Å². The molecule has 1 aromatic rings. The van der Waals surface area contributed by atoms with Crippen LogP contribution >= 0.6 is 0 Å². The summed E-state index contributed by atoms with van der Waals surface area (Å²) in [6.07, 6.45) is 2.74. The van der Waals surface area contributed by atoms with E-state index in [0.717, 1.165) is 19.0 Å². The molecule has 1 aliphatic heterocycles. The second-order valence-electron chi connectivity index (χ2n) is 7.15. The van der Waals surface area contributed by atoms with E-state index in [-0.39, 0.29) is 0 Å². The van der Waals surface area contributed by atoms with Crippen molar-refractivity contribution in [3.05, 3.63) is 35.4 Å². The summed E-state index contributed by atoms with van der Waals surface area (Å²) in [6, 6.07) is 10.3. The van der Waals surface area contributed by atoms with Gasteiger partial charge in [-0.3, -0.25) is 4.90 Å². The van der Waals surface area contributed by atoms with Gasteiger partial charge in [0.2, 0.25) is 0 Å². The lowest BCUT2D eigenvalue weighted by molar-refractivity contribution is 0.219. The molecule has 2 N–H and O–H groups in total. The summed E-state index contributed by atoms with van der Waals surface area (Å²) >= 11 is 0. The van der Waals surface area contributed by atoms with E-state index in [2.05, 4.69) is 55.1 Å². The van der Waals surface area contributed by atoms with Crippen LogP contribution in [0, 0.1) is 5.92 Å². The van der Waals surface area contributed by atoms with Crippen molar-refractivity contribution in [2.75, 3.05) is 33.7 Å². The fourth-order valence-electron chi connectivity index (χ4n) is 3.82. The number of rotatable bonds is 5. The molecule has 3 atom stereocenters. The number of nitrogens with two attached hydrogens (primary N) is 1. The Morgan fingerprint density at radius 2 is 1.86 bits per heavy atom. The third-order valence-electron chi connectivity index (χ3n) is 5.30. The van der Waals surface area contributed by atoms with Crippen molar-refractivity contribution in [1.29, 1.82) is 0 Å². The molecule has 2 aliphatic rings. The fourth-order valence-corrected chi connectivity index (χ4v) is 3.82. The molecule has 2 fully saturated rings. The molecule has 0 bridgehead atoms. The SMILES string of the molecule is CC1CN(C(CN)c2ccc(C3CC3)cc2)CC1N(C)C. The van der Waals surface area contributed by atoms with Crippen LogP contribution in [0.3, 0.4) is 0 Å². The summed E-state index contributed by atoms with van der Waals surface area (Å²) in [4.78, 5) is 4.93. The molecule has 1 heterocycles. The maximum absolute atomic E-state index is 6.11. The van der Waals surface area contributed by atoms with Gasteiger partial charge in [-0.25, -0.2) is 0 Å². The minimum Gasteiger partial charge on any atom is -0.329 e. The summed E-state index contributed by atoms with van der Waals surface area (Å²) in [5.74, 6) is 1.54. The molecule has 1 saturated carbocycles. The van der Waals surface area contributed by atoms with E-state index in [1.165, 1.54) is 24.0 Å². The highest BCUT2D eigenvalue weighted by Crippen LogP contribution is 2.40. The molecule has 1 aliphatic carbocycles. The van der Waals surface area contributed by atoms with Crippen LogP contribution in [0.1, 0.15) is 42.9 Å². The van der Waals surface area contributed by atoms with Crippen LogP contribution in [-0.2, 0) is 0 Å². The number of likely N-dealkylation sites (tertiary alicyclic amines) is 1. The summed E-state index contributed by atoms with van der Waals surface area (Å²) in [6.45, 7) is 5.33. The van der Waals surface area contributed by atoms with Crippen LogP contribution in [0.4, 0.5) is 0 Å². The van der Waals surface area contributed by atoms with Crippen molar-refractivity contribution in [2.45, 2.75) is 37.8 Å². The Hall–Kier alpha value is -0.900. The van der Waals surface area contributed by atoms with Crippen LogP contribution in [0.15, 0.2) is 24.3 Å². The van der Waals surface area contributed by atoms with Gasteiger partial charge >= 0.3 is 0 Å². The third kappa shape index (κ3) is 3.15. The van der Waals surface area contributed by atoms with Gasteiger partial charge in [0, 0.05) is 31.7 Å². The second kappa shape index (κ2) is 6.07. The highest BCUT2D eigenvalue weighted by molar-refractivity contribution is 5.30. The van der Waals surface area contributed by atoms with Crippen molar-refractivity contribution in [3.63, 3.8) is 0 Å². The average Bonchev–Trinajstić information content (AvgIpc) is 3.24. The maximum Gasteiger partial charge on any atom is 0.0471 e.